The maximum atomic E-state index is 12.6. The number of nitrogens with one attached hydrogen (secondary N) is 1. The summed E-state index contributed by atoms with van der Waals surface area (Å²) in [5, 5.41) is 12.2. The fraction of sp³-hybridized carbons (Fsp3) is 0.471. The van der Waals surface area contributed by atoms with E-state index in [0.29, 0.717) is 18.2 Å². The molecule has 0 aliphatic carbocycles. The Morgan fingerprint density at radius 2 is 2.04 bits per heavy atom. The van der Waals surface area contributed by atoms with Gasteiger partial charge in [0.15, 0.2) is 0 Å². The zero-order valence-electron chi connectivity index (χ0n) is 13.9. The number of hydrogen-bond acceptors (Lipinski definition) is 4. The van der Waals surface area contributed by atoms with E-state index in [1.807, 2.05) is 0 Å². The number of carboxylic acids is 1. The molecular weight excluding hydrogens is 348 g/mol. The number of aliphatic carboxylic acids is 1. The molecule has 1 fully saturated rings. The maximum Gasteiger partial charge on any atom is 0.306 e. The lowest BCUT2D eigenvalue weighted by atomic mass is 10.0. The third-order valence-electron chi connectivity index (χ3n) is 3.92. The largest absolute Gasteiger partial charge is 0.481 e. The Labute approximate surface area is 150 Å². The minimum Gasteiger partial charge on any atom is -0.481 e. The summed E-state index contributed by atoms with van der Waals surface area (Å²) in [7, 11) is 0. The number of ether oxygens (including phenoxy) is 1. The van der Waals surface area contributed by atoms with Crippen molar-refractivity contribution < 1.29 is 24.2 Å². The molecule has 1 aromatic carbocycles. The predicted molar refractivity (Wildman–Crippen MR) is 91.2 cm³/mol. The van der Waals surface area contributed by atoms with E-state index in [2.05, 4.69) is 5.32 Å². The number of carbonyl (C=O) groups is 3. The lowest BCUT2D eigenvalue weighted by Gasteiger charge is -2.33. The van der Waals surface area contributed by atoms with Gasteiger partial charge in [0.1, 0.15) is 0 Å². The minimum atomic E-state index is -0.961. The van der Waals surface area contributed by atoms with Crippen molar-refractivity contribution in [2.75, 3.05) is 19.7 Å². The van der Waals surface area contributed by atoms with Crippen molar-refractivity contribution in [3.05, 3.63) is 34.9 Å². The maximum absolute atomic E-state index is 12.6. The van der Waals surface area contributed by atoms with Crippen LogP contribution in [0.2, 0.25) is 5.02 Å². The van der Waals surface area contributed by atoms with Crippen LogP contribution in [0.15, 0.2) is 24.3 Å². The van der Waals surface area contributed by atoms with Crippen LogP contribution in [0.3, 0.4) is 0 Å². The SMILES string of the molecule is CC(=O)N[C@@H](CC(=O)N1CCO[C@H](CC(=O)O)C1)c1ccc(Cl)cc1. The first kappa shape index (κ1) is 19.2. The number of carbonyl (C=O) groups excluding carboxylic acids is 2. The monoisotopic (exact) mass is 368 g/mol. The summed E-state index contributed by atoms with van der Waals surface area (Å²) in [5.41, 5.74) is 0.781. The van der Waals surface area contributed by atoms with Gasteiger partial charge in [0.05, 0.1) is 31.6 Å². The molecule has 2 rings (SSSR count). The Hall–Kier alpha value is -2.12. The fourth-order valence-electron chi connectivity index (χ4n) is 2.76. The summed E-state index contributed by atoms with van der Waals surface area (Å²) in [5.74, 6) is -1.36. The Morgan fingerprint density at radius 3 is 2.64 bits per heavy atom. The molecule has 136 valence electrons. The number of amides is 2. The quantitative estimate of drug-likeness (QED) is 0.795. The van der Waals surface area contributed by atoms with E-state index in [9.17, 15) is 14.4 Å². The number of carboxylic acid groups (broad SMARTS) is 1. The summed E-state index contributed by atoms with van der Waals surface area (Å²) in [4.78, 5) is 36.5. The van der Waals surface area contributed by atoms with E-state index < -0.39 is 18.1 Å². The lowest BCUT2D eigenvalue weighted by molar-refractivity contribution is -0.148. The molecule has 25 heavy (non-hydrogen) atoms. The zero-order valence-corrected chi connectivity index (χ0v) is 14.7. The van der Waals surface area contributed by atoms with Crippen molar-refractivity contribution in [2.24, 2.45) is 0 Å². The van der Waals surface area contributed by atoms with Gasteiger partial charge in [0.25, 0.3) is 0 Å². The minimum absolute atomic E-state index is 0.0843. The van der Waals surface area contributed by atoms with E-state index in [-0.39, 0.29) is 31.2 Å². The molecule has 2 amide bonds. The van der Waals surface area contributed by atoms with Crippen molar-refractivity contribution in [3.63, 3.8) is 0 Å². The van der Waals surface area contributed by atoms with Gasteiger partial charge < -0.3 is 20.1 Å². The van der Waals surface area contributed by atoms with Crippen molar-refractivity contribution in [1.29, 1.82) is 0 Å². The molecule has 0 aromatic heterocycles. The molecule has 0 bridgehead atoms. The zero-order chi connectivity index (χ0) is 18.4. The molecule has 0 saturated carbocycles. The first-order valence-electron chi connectivity index (χ1n) is 7.99. The van der Waals surface area contributed by atoms with E-state index >= 15 is 0 Å². The average molecular weight is 369 g/mol. The van der Waals surface area contributed by atoms with E-state index in [1.54, 1.807) is 29.2 Å². The van der Waals surface area contributed by atoms with E-state index in [1.165, 1.54) is 6.92 Å². The topological polar surface area (TPSA) is 95.9 Å². The summed E-state index contributed by atoms with van der Waals surface area (Å²) in [6.07, 6.45) is -0.568. The number of benzene rings is 1. The van der Waals surface area contributed by atoms with Crippen LogP contribution in [-0.4, -0.2) is 53.6 Å². The summed E-state index contributed by atoms with van der Waals surface area (Å²) < 4.78 is 5.38. The number of rotatable bonds is 6. The van der Waals surface area contributed by atoms with Crippen LogP contribution in [0, 0.1) is 0 Å². The van der Waals surface area contributed by atoms with Crippen molar-refractivity contribution in [1.82, 2.24) is 10.2 Å². The first-order chi connectivity index (χ1) is 11.8. The molecule has 0 unspecified atom stereocenters. The van der Waals surface area contributed by atoms with Crippen molar-refractivity contribution in [3.8, 4) is 0 Å². The molecule has 2 atom stereocenters. The van der Waals surface area contributed by atoms with Crippen LogP contribution < -0.4 is 5.32 Å². The molecule has 1 aliphatic heterocycles. The summed E-state index contributed by atoms with van der Waals surface area (Å²) in [6.45, 7) is 2.33. The Morgan fingerprint density at radius 1 is 1.36 bits per heavy atom. The van der Waals surface area contributed by atoms with Gasteiger partial charge in [-0.1, -0.05) is 23.7 Å². The van der Waals surface area contributed by atoms with Gasteiger partial charge in [0.2, 0.25) is 11.8 Å². The normalized spacial score (nSPS) is 18.5. The van der Waals surface area contributed by atoms with Crippen LogP contribution >= 0.6 is 11.6 Å². The fourth-order valence-corrected chi connectivity index (χ4v) is 2.89. The molecule has 1 saturated heterocycles. The summed E-state index contributed by atoms with van der Waals surface area (Å²) in [6, 6.07) is 6.47. The Bertz CT molecular complexity index is 634. The number of halogens is 1. The third kappa shape index (κ3) is 6.03. The van der Waals surface area contributed by atoms with Gasteiger partial charge >= 0.3 is 5.97 Å². The second-order valence-electron chi connectivity index (χ2n) is 5.94. The molecule has 1 aliphatic rings. The first-order valence-corrected chi connectivity index (χ1v) is 8.36. The third-order valence-corrected chi connectivity index (χ3v) is 4.17. The van der Waals surface area contributed by atoms with E-state index in [0.717, 1.165) is 5.56 Å². The molecule has 7 nitrogen and oxygen atoms in total. The molecule has 0 spiro atoms. The average Bonchev–Trinajstić information content (AvgIpc) is 2.54. The lowest BCUT2D eigenvalue weighted by Crippen LogP contribution is -2.47. The Balaban J connectivity index is 2.04. The molecule has 1 heterocycles. The number of hydrogen-bond donors (Lipinski definition) is 2. The smallest absolute Gasteiger partial charge is 0.306 e. The van der Waals surface area contributed by atoms with Crippen molar-refractivity contribution >= 4 is 29.4 Å². The second-order valence-corrected chi connectivity index (χ2v) is 6.38. The highest BCUT2D eigenvalue weighted by molar-refractivity contribution is 6.30. The van der Waals surface area contributed by atoms with Gasteiger partial charge in [-0.2, -0.15) is 0 Å². The van der Waals surface area contributed by atoms with Gasteiger partial charge in [-0.05, 0) is 17.7 Å². The van der Waals surface area contributed by atoms with E-state index in [4.69, 9.17) is 21.4 Å². The van der Waals surface area contributed by atoms with Crippen LogP contribution in [0.4, 0.5) is 0 Å². The van der Waals surface area contributed by atoms with Crippen LogP contribution in [0.25, 0.3) is 0 Å². The standard InChI is InChI=1S/C17H21ClN2O5/c1-11(21)19-15(12-2-4-13(18)5-3-12)9-16(22)20-6-7-25-14(10-20)8-17(23)24/h2-5,14-15H,6-10H2,1H3,(H,19,21)(H,23,24)/t14-,15+/m1/s1. The van der Waals surface area contributed by atoms with Crippen LogP contribution in [0.5, 0.6) is 0 Å². The summed E-state index contributed by atoms with van der Waals surface area (Å²) >= 11 is 5.88. The molecular formula is C17H21ClN2O5. The van der Waals surface area contributed by atoms with Crippen molar-refractivity contribution in [2.45, 2.75) is 31.9 Å². The number of nitrogens with zero attached hydrogens (tertiary/aromatic N) is 1. The molecule has 8 heteroatoms. The van der Waals surface area contributed by atoms with Gasteiger partial charge in [-0.25, -0.2) is 0 Å². The van der Waals surface area contributed by atoms with Crippen LogP contribution in [0.1, 0.15) is 31.4 Å². The van der Waals surface area contributed by atoms with Gasteiger partial charge in [-0.3, -0.25) is 14.4 Å². The van der Waals surface area contributed by atoms with Gasteiger partial charge in [0, 0.05) is 25.0 Å². The van der Waals surface area contributed by atoms with Crippen LogP contribution in [-0.2, 0) is 19.1 Å². The highest BCUT2D eigenvalue weighted by atomic mass is 35.5. The highest BCUT2D eigenvalue weighted by Gasteiger charge is 2.28. The molecule has 1 aromatic rings. The second kappa shape index (κ2) is 8.82. The van der Waals surface area contributed by atoms with Gasteiger partial charge in [-0.15, -0.1) is 0 Å². The Kier molecular flexibility index (Phi) is 6.78. The molecule has 2 N–H and O–H groups in total. The number of morpholine rings is 1. The highest BCUT2D eigenvalue weighted by Crippen LogP contribution is 2.21. The molecule has 0 radical (unpaired) electrons. The predicted octanol–water partition coefficient (Wildman–Crippen LogP) is 1.61.